The molecule has 0 radical (unpaired) electrons. The van der Waals surface area contributed by atoms with Crippen LogP contribution < -0.4 is 0 Å². The lowest BCUT2D eigenvalue weighted by Crippen LogP contribution is -2.43. The molecule has 2 atom stereocenters. The van der Waals surface area contributed by atoms with Crippen LogP contribution in [0.25, 0.3) is 0 Å². The molecular weight excluding hydrogens is 474 g/mol. The molecule has 1 aromatic carbocycles. The quantitative estimate of drug-likeness (QED) is 0.526. The number of hydrogen-bond donors (Lipinski definition) is 2. The summed E-state index contributed by atoms with van der Waals surface area (Å²) in [6, 6.07) is 9.08. The maximum absolute atomic E-state index is 13.3. The third-order valence-corrected chi connectivity index (χ3v) is 9.13. The summed E-state index contributed by atoms with van der Waals surface area (Å²) < 4.78 is 28.9. The number of nitrogens with zero attached hydrogens (tertiary/aromatic N) is 3. The van der Waals surface area contributed by atoms with E-state index >= 15 is 0 Å². The number of aliphatic imine (C=N–C) groups is 1. The zero-order chi connectivity index (χ0) is 25.3. The Labute approximate surface area is 208 Å². The van der Waals surface area contributed by atoms with Crippen molar-refractivity contribution in [2.75, 3.05) is 25.4 Å². The molecule has 0 aromatic heterocycles. The first-order chi connectivity index (χ1) is 15.7. The molecule has 190 valence electrons. The number of benzene rings is 1. The van der Waals surface area contributed by atoms with Crippen molar-refractivity contribution in [1.29, 1.82) is 0 Å². The van der Waals surface area contributed by atoms with E-state index in [0.29, 0.717) is 31.0 Å². The zero-order valence-corrected chi connectivity index (χ0v) is 22.5. The molecule has 3 rings (SSSR count). The maximum atomic E-state index is 13.3. The van der Waals surface area contributed by atoms with Gasteiger partial charge in [0.05, 0.1) is 5.54 Å². The Kier molecular flexibility index (Phi) is 7.96. The second-order valence-electron chi connectivity index (χ2n) is 10.6. The summed E-state index contributed by atoms with van der Waals surface area (Å²) in [7, 11) is -3.43. The number of carbonyl (C=O) groups excluding carboxylic acids is 2. The van der Waals surface area contributed by atoms with Crippen molar-refractivity contribution in [2.24, 2.45) is 4.99 Å². The summed E-state index contributed by atoms with van der Waals surface area (Å²) >= 11 is 1.71. The Hall–Kier alpha value is -1.75. The van der Waals surface area contributed by atoms with Crippen molar-refractivity contribution < 1.29 is 23.4 Å². The van der Waals surface area contributed by atoms with Crippen molar-refractivity contribution in [3.63, 3.8) is 0 Å². The maximum Gasteiger partial charge on any atom is 0.410 e. The lowest BCUT2D eigenvalue weighted by Gasteiger charge is -2.46. The van der Waals surface area contributed by atoms with Crippen molar-refractivity contribution in [2.45, 2.75) is 69.6 Å². The van der Waals surface area contributed by atoms with E-state index in [1.54, 1.807) is 49.6 Å². The second kappa shape index (κ2) is 10.1. The van der Waals surface area contributed by atoms with E-state index in [1.807, 2.05) is 39.0 Å². The van der Waals surface area contributed by atoms with Crippen LogP contribution in [0.1, 0.15) is 58.8 Å². The number of carbonyl (C=O) groups is 2. The van der Waals surface area contributed by atoms with Crippen molar-refractivity contribution in [3.05, 3.63) is 35.9 Å². The summed E-state index contributed by atoms with van der Waals surface area (Å²) in [5.41, 5.74) is -0.412. The predicted molar refractivity (Wildman–Crippen MR) is 140 cm³/mol. The van der Waals surface area contributed by atoms with E-state index in [1.165, 1.54) is 4.31 Å². The Balaban J connectivity index is 1.67. The lowest BCUT2D eigenvalue weighted by molar-refractivity contribution is -0.122. The Morgan fingerprint density at radius 2 is 1.82 bits per heavy atom. The minimum Gasteiger partial charge on any atom is -0.444 e. The molecule has 0 aliphatic carbocycles. The molecule has 10 heteroatoms. The van der Waals surface area contributed by atoms with Gasteiger partial charge in [0.2, 0.25) is 0 Å². The molecule has 2 aliphatic rings. The number of hydrogen-bond acceptors (Lipinski definition) is 7. The highest BCUT2D eigenvalue weighted by molar-refractivity contribution is 8.24. The molecule has 2 amide bonds. The smallest absolute Gasteiger partial charge is 0.410 e. The lowest BCUT2D eigenvalue weighted by atomic mass is 10.1. The van der Waals surface area contributed by atoms with Crippen LogP contribution in [0, 0.1) is 0 Å². The van der Waals surface area contributed by atoms with Crippen LogP contribution >= 0.6 is 22.5 Å². The van der Waals surface area contributed by atoms with Crippen LogP contribution in [0.4, 0.5) is 4.79 Å². The Morgan fingerprint density at radius 3 is 2.41 bits per heavy atom. The van der Waals surface area contributed by atoms with Gasteiger partial charge in [0, 0.05) is 30.6 Å². The first-order valence-electron chi connectivity index (χ1n) is 11.5. The van der Waals surface area contributed by atoms with Crippen molar-refractivity contribution in [1.82, 2.24) is 9.21 Å². The molecule has 2 N–H and O–H groups in total. The van der Waals surface area contributed by atoms with Crippen LogP contribution in [0.5, 0.6) is 0 Å². The first-order valence-corrected chi connectivity index (χ1v) is 14.1. The number of rotatable bonds is 5. The fourth-order valence-corrected chi connectivity index (χ4v) is 7.60. The number of amides is 2. The highest BCUT2D eigenvalue weighted by Crippen LogP contribution is 2.64. The van der Waals surface area contributed by atoms with E-state index in [9.17, 15) is 18.7 Å². The Morgan fingerprint density at radius 1 is 1.18 bits per heavy atom. The van der Waals surface area contributed by atoms with Gasteiger partial charge in [0.1, 0.15) is 16.6 Å². The molecule has 1 aromatic rings. The van der Waals surface area contributed by atoms with E-state index in [2.05, 4.69) is 4.99 Å². The minimum atomic E-state index is -3.43. The topological polar surface area (TPSA) is 103 Å². The average molecular weight is 512 g/mol. The fraction of sp³-hybridized carbons (Fsp3) is 0.625. The van der Waals surface area contributed by atoms with Gasteiger partial charge in [0.25, 0.3) is 5.91 Å². The number of thioether (sulfide) groups is 1. The van der Waals surface area contributed by atoms with Crippen LogP contribution in [0.3, 0.4) is 0 Å². The van der Waals surface area contributed by atoms with Crippen LogP contribution in [-0.4, -0.2) is 77.8 Å². The van der Waals surface area contributed by atoms with Crippen LogP contribution in [0.2, 0.25) is 0 Å². The molecule has 34 heavy (non-hydrogen) atoms. The highest BCUT2D eigenvalue weighted by atomic mass is 32.3. The van der Waals surface area contributed by atoms with Crippen LogP contribution in [-0.2, 0) is 9.53 Å². The van der Waals surface area contributed by atoms with Crippen LogP contribution in [0.15, 0.2) is 35.3 Å². The average Bonchev–Trinajstić information content (AvgIpc) is 3.24. The van der Waals surface area contributed by atoms with Gasteiger partial charge in [-0.05, 0) is 53.5 Å². The van der Waals surface area contributed by atoms with E-state index in [-0.39, 0.29) is 17.1 Å². The molecule has 2 fully saturated rings. The van der Waals surface area contributed by atoms with Gasteiger partial charge in [-0.25, -0.2) is 9.10 Å². The fourth-order valence-electron chi connectivity index (χ4n) is 4.16. The second-order valence-corrected chi connectivity index (χ2v) is 14.0. The zero-order valence-electron chi connectivity index (χ0n) is 20.9. The van der Waals surface area contributed by atoms with Crippen molar-refractivity contribution >= 4 is 40.2 Å². The largest absolute Gasteiger partial charge is 0.444 e. The molecule has 2 saturated heterocycles. The molecule has 0 bridgehead atoms. The SMILES string of the molecule is CC(C)(C)OC(=O)N1CCC(SCCN=C2C(=O)N(C(C)(C)C)S(O)(O)C2c2ccccc2)C1. The van der Waals surface area contributed by atoms with Gasteiger partial charge in [-0.3, -0.25) is 18.9 Å². The molecule has 0 saturated carbocycles. The molecule has 0 spiro atoms. The summed E-state index contributed by atoms with van der Waals surface area (Å²) in [6.45, 7) is 12.6. The Bertz CT molecular complexity index is 925. The highest BCUT2D eigenvalue weighted by Gasteiger charge is 2.54. The summed E-state index contributed by atoms with van der Waals surface area (Å²) in [6.07, 6.45) is 0.593. The normalized spacial score (nSPS) is 25.2. The van der Waals surface area contributed by atoms with Crippen molar-refractivity contribution in [3.8, 4) is 0 Å². The van der Waals surface area contributed by atoms with Gasteiger partial charge in [-0.2, -0.15) is 11.8 Å². The predicted octanol–water partition coefficient (Wildman–Crippen LogP) is 5.22. The van der Waals surface area contributed by atoms with E-state index < -0.39 is 33.1 Å². The van der Waals surface area contributed by atoms with Gasteiger partial charge >= 0.3 is 6.09 Å². The molecular formula is C24H37N3O5S2. The van der Waals surface area contributed by atoms with Gasteiger partial charge in [-0.15, -0.1) is 10.8 Å². The number of ether oxygens (including phenoxy) is 1. The van der Waals surface area contributed by atoms with E-state index in [0.717, 1.165) is 6.42 Å². The summed E-state index contributed by atoms with van der Waals surface area (Å²) in [4.78, 5) is 31.9. The third-order valence-electron chi connectivity index (χ3n) is 5.47. The molecule has 8 nitrogen and oxygen atoms in total. The molecule has 2 aliphatic heterocycles. The minimum absolute atomic E-state index is 0.198. The monoisotopic (exact) mass is 511 g/mol. The van der Waals surface area contributed by atoms with E-state index in [4.69, 9.17) is 4.74 Å². The summed E-state index contributed by atoms with van der Waals surface area (Å²) in [5, 5.41) is -0.594. The standard InChI is InChI=1S/C24H37N3O5S2/c1-23(2,3)27-21(28)19(20(34(27,30)31)17-10-8-7-9-11-17)25-13-15-33-18-12-14-26(16-18)22(29)32-24(4,5)6/h7-11,18,20,30-31H,12-16H2,1-6H3. The molecule has 2 heterocycles. The van der Waals surface area contributed by atoms with Gasteiger partial charge < -0.3 is 9.64 Å². The van der Waals surface area contributed by atoms with Gasteiger partial charge in [0.15, 0.2) is 0 Å². The van der Waals surface area contributed by atoms with Gasteiger partial charge in [-0.1, -0.05) is 30.3 Å². The first kappa shape index (κ1) is 26.8. The number of likely N-dealkylation sites (tertiary alicyclic amines) is 1. The summed E-state index contributed by atoms with van der Waals surface area (Å²) in [5.74, 6) is 0.239. The third kappa shape index (κ3) is 6.08. The molecule has 2 unspecified atom stereocenters.